The van der Waals surface area contributed by atoms with Crippen LogP contribution in [0.5, 0.6) is 0 Å². The topological polar surface area (TPSA) is 115 Å². The Morgan fingerprint density at radius 2 is 1.24 bits per heavy atom. The van der Waals surface area contributed by atoms with Crippen LogP contribution in [0.25, 0.3) is 0 Å². The number of esters is 1. The van der Waals surface area contributed by atoms with E-state index in [0.29, 0.717) is 24.8 Å². The normalized spacial score (nSPS) is 27.9. The molecule has 0 spiro atoms. The number of unbranched alkanes of at least 4 members (excludes halogenated alkanes) is 11. The molecule has 0 aromatic rings. The Hall–Kier alpha value is -1.03. The lowest BCUT2D eigenvalue weighted by Crippen LogP contribution is -2.31. The first kappa shape index (κ1) is 39.4. The average molecular weight is 653 g/mol. The second-order valence-electron chi connectivity index (χ2n) is 14.8. The standard InChI is InChI=1S/C38H68O8/c1-5-6-7-8-9-10-11-12-13-16-20-31(40)33-24-25-34(44-33)32(41)21-18-23-36-35(45-38(3,4)46-36)22-17-14-15-19-30(39)27-29-26-28(2)43-37(29)42/h26,28,30-36,39-41H,5-25,27H2,1-4H3/t28-,30+,31+,32+,33+,34+,35?,36?/m0/s1. The lowest BCUT2D eigenvalue weighted by molar-refractivity contribution is -0.147. The summed E-state index contributed by atoms with van der Waals surface area (Å²) in [7, 11) is 0. The number of hydrogen-bond donors (Lipinski definition) is 3. The van der Waals surface area contributed by atoms with Crippen molar-refractivity contribution in [3.05, 3.63) is 11.6 Å². The minimum atomic E-state index is -0.614. The van der Waals surface area contributed by atoms with Gasteiger partial charge in [-0.25, -0.2) is 4.79 Å². The molecular weight excluding hydrogens is 584 g/mol. The van der Waals surface area contributed by atoms with E-state index in [4.69, 9.17) is 18.9 Å². The third-order valence-electron chi connectivity index (χ3n) is 10.0. The van der Waals surface area contributed by atoms with Gasteiger partial charge < -0.3 is 34.3 Å². The number of carbonyl (C=O) groups excluding carboxylic acids is 1. The molecule has 0 amide bonds. The maximum atomic E-state index is 11.8. The molecule has 0 bridgehead atoms. The van der Waals surface area contributed by atoms with E-state index >= 15 is 0 Å². The number of hydrogen-bond acceptors (Lipinski definition) is 8. The van der Waals surface area contributed by atoms with Crippen LogP contribution in [-0.2, 0) is 23.7 Å². The molecule has 2 unspecified atom stereocenters. The fraction of sp³-hybridized carbons (Fsp3) is 0.921. The second kappa shape index (κ2) is 21.1. The summed E-state index contributed by atoms with van der Waals surface area (Å²) >= 11 is 0. The summed E-state index contributed by atoms with van der Waals surface area (Å²) < 4.78 is 23.7. The maximum Gasteiger partial charge on any atom is 0.334 e. The highest BCUT2D eigenvalue weighted by molar-refractivity contribution is 5.90. The molecule has 3 rings (SSSR count). The molecule has 268 valence electrons. The summed E-state index contributed by atoms with van der Waals surface area (Å²) in [5, 5.41) is 32.0. The van der Waals surface area contributed by atoms with E-state index < -0.39 is 24.1 Å². The number of cyclic esters (lactones) is 1. The van der Waals surface area contributed by atoms with Gasteiger partial charge in [0.25, 0.3) is 0 Å². The van der Waals surface area contributed by atoms with E-state index in [2.05, 4.69) is 6.92 Å². The van der Waals surface area contributed by atoms with Gasteiger partial charge in [-0.3, -0.25) is 0 Å². The van der Waals surface area contributed by atoms with Crippen molar-refractivity contribution in [1.82, 2.24) is 0 Å². The Kier molecular flexibility index (Phi) is 18.1. The molecule has 3 heterocycles. The number of ether oxygens (including phenoxy) is 4. The lowest BCUT2D eigenvalue weighted by atomic mass is 9.97. The van der Waals surface area contributed by atoms with Crippen molar-refractivity contribution < 1.29 is 39.1 Å². The first-order valence-corrected chi connectivity index (χ1v) is 19.0. The number of aliphatic hydroxyl groups is 3. The highest BCUT2D eigenvalue weighted by atomic mass is 16.7. The van der Waals surface area contributed by atoms with E-state index in [1.54, 1.807) is 6.08 Å². The molecule has 2 fully saturated rings. The average Bonchev–Trinajstić information content (AvgIpc) is 3.70. The van der Waals surface area contributed by atoms with Crippen LogP contribution in [0, 0.1) is 0 Å². The fourth-order valence-electron chi connectivity index (χ4n) is 7.43. The van der Waals surface area contributed by atoms with E-state index in [9.17, 15) is 20.1 Å². The summed E-state index contributed by atoms with van der Waals surface area (Å²) in [6.07, 6.45) is 22.1. The largest absolute Gasteiger partial charge is 0.455 e. The third-order valence-corrected chi connectivity index (χ3v) is 10.0. The molecule has 8 nitrogen and oxygen atoms in total. The van der Waals surface area contributed by atoms with Crippen LogP contribution in [0.1, 0.15) is 169 Å². The van der Waals surface area contributed by atoms with Crippen LogP contribution in [0.15, 0.2) is 11.6 Å². The van der Waals surface area contributed by atoms with E-state index in [-0.39, 0.29) is 36.5 Å². The van der Waals surface area contributed by atoms with Gasteiger partial charge in [0.05, 0.1) is 42.7 Å². The number of aliphatic hydroxyl groups excluding tert-OH is 3. The van der Waals surface area contributed by atoms with Crippen molar-refractivity contribution in [2.45, 2.75) is 224 Å². The van der Waals surface area contributed by atoms with E-state index in [1.165, 1.54) is 57.8 Å². The molecule has 2 saturated heterocycles. The Morgan fingerprint density at radius 3 is 1.80 bits per heavy atom. The Morgan fingerprint density at radius 1 is 0.739 bits per heavy atom. The Balaban J connectivity index is 1.24. The quantitative estimate of drug-likeness (QED) is 0.0675. The van der Waals surface area contributed by atoms with Crippen molar-refractivity contribution in [1.29, 1.82) is 0 Å². The summed E-state index contributed by atoms with van der Waals surface area (Å²) in [6.45, 7) is 8.01. The Bertz CT molecular complexity index is 875. The summed E-state index contributed by atoms with van der Waals surface area (Å²) in [5.74, 6) is -0.920. The van der Waals surface area contributed by atoms with Gasteiger partial charge in [-0.15, -0.1) is 0 Å². The van der Waals surface area contributed by atoms with Gasteiger partial charge in [-0.05, 0) is 78.2 Å². The molecule has 3 aliphatic heterocycles. The first-order chi connectivity index (χ1) is 22.1. The van der Waals surface area contributed by atoms with Gasteiger partial charge in [0.15, 0.2) is 5.79 Å². The van der Waals surface area contributed by atoms with Crippen molar-refractivity contribution in [2.24, 2.45) is 0 Å². The van der Waals surface area contributed by atoms with Crippen LogP contribution < -0.4 is 0 Å². The highest BCUT2D eigenvalue weighted by Crippen LogP contribution is 2.35. The molecule has 0 aromatic carbocycles. The molecule has 3 N–H and O–H groups in total. The molecule has 8 atom stereocenters. The number of carbonyl (C=O) groups is 1. The van der Waals surface area contributed by atoms with Crippen LogP contribution >= 0.6 is 0 Å². The molecule has 46 heavy (non-hydrogen) atoms. The Labute approximate surface area is 280 Å². The molecular formula is C38H68O8. The molecule has 0 radical (unpaired) electrons. The lowest BCUT2D eigenvalue weighted by Gasteiger charge is -2.23. The second-order valence-corrected chi connectivity index (χ2v) is 14.8. The van der Waals surface area contributed by atoms with Crippen LogP contribution in [0.4, 0.5) is 0 Å². The zero-order chi connectivity index (χ0) is 33.4. The van der Waals surface area contributed by atoms with Gasteiger partial charge in [-0.1, -0.05) is 90.4 Å². The first-order valence-electron chi connectivity index (χ1n) is 19.0. The molecule has 0 aliphatic carbocycles. The minimum absolute atomic E-state index is 0.00442. The predicted octanol–water partition coefficient (Wildman–Crippen LogP) is 7.83. The number of rotatable bonds is 25. The highest BCUT2D eigenvalue weighted by Gasteiger charge is 2.41. The zero-order valence-electron chi connectivity index (χ0n) is 29.6. The monoisotopic (exact) mass is 652 g/mol. The van der Waals surface area contributed by atoms with Crippen LogP contribution in [0.3, 0.4) is 0 Å². The molecule has 3 aliphatic rings. The third kappa shape index (κ3) is 14.6. The van der Waals surface area contributed by atoms with Gasteiger partial charge in [0.1, 0.15) is 6.10 Å². The van der Waals surface area contributed by atoms with Gasteiger partial charge in [0.2, 0.25) is 0 Å². The summed E-state index contributed by atoms with van der Waals surface area (Å²) in [5.41, 5.74) is 0.586. The van der Waals surface area contributed by atoms with Crippen molar-refractivity contribution in [3.63, 3.8) is 0 Å². The van der Waals surface area contributed by atoms with Crippen molar-refractivity contribution >= 4 is 5.97 Å². The van der Waals surface area contributed by atoms with Gasteiger partial charge in [0, 0.05) is 12.0 Å². The summed E-state index contributed by atoms with van der Waals surface area (Å²) in [6, 6.07) is 0. The molecule has 0 aromatic heterocycles. The fourth-order valence-corrected chi connectivity index (χ4v) is 7.43. The molecule has 8 heteroatoms. The SMILES string of the molecule is CCCCCCCCCCCC[C@@H](O)[C@H]1CC[C@H]([C@H](O)CCCC2OC(C)(C)OC2CCCCC[C@@H](O)CC2=C[C@H](C)OC2=O)O1. The van der Waals surface area contributed by atoms with Crippen molar-refractivity contribution in [2.75, 3.05) is 0 Å². The minimum Gasteiger partial charge on any atom is -0.455 e. The van der Waals surface area contributed by atoms with Crippen molar-refractivity contribution in [3.8, 4) is 0 Å². The smallest absolute Gasteiger partial charge is 0.334 e. The van der Waals surface area contributed by atoms with Gasteiger partial charge in [-0.2, -0.15) is 0 Å². The van der Waals surface area contributed by atoms with Gasteiger partial charge >= 0.3 is 5.97 Å². The van der Waals surface area contributed by atoms with Crippen LogP contribution in [0.2, 0.25) is 0 Å². The summed E-state index contributed by atoms with van der Waals surface area (Å²) in [4.78, 5) is 11.8. The zero-order valence-corrected chi connectivity index (χ0v) is 29.6. The van der Waals surface area contributed by atoms with Crippen LogP contribution in [-0.4, -0.2) is 75.9 Å². The maximum absolute atomic E-state index is 11.8. The molecule has 0 saturated carbocycles. The predicted molar refractivity (Wildman–Crippen MR) is 181 cm³/mol. The van der Waals surface area contributed by atoms with E-state index in [0.717, 1.165) is 64.2 Å². The van der Waals surface area contributed by atoms with E-state index in [1.807, 2.05) is 20.8 Å².